The standard InChI is InChI=1S/C14H20BrNOS/c1-3-14(6-4-5-7-14)9-16-13(17)11-8-10(2)12(15)18-11/h8H,3-7,9H2,1-2H3,(H,16,17). The van der Waals surface area contributed by atoms with Crippen molar-refractivity contribution in [3.8, 4) is 0 Å². The van der Waals surface area contributed by atoms with E-state index < -0.39 is 0 Å². The minimum absolute atomic E-state index is 0.0773. The van der Waals surface area contributed by atoms with Gasteiger partial charge in [0.05, 0.1) is 8.66 Å². The highest BCUT2D eigenvalue weighted by molar-refractivity contribution is 9.11. The Bertz CT molecular complexity index is 416. The van der Waals surface area contributed by atoms with Gasteiger partial charge in [-0.15, -0.1) is 11.3 Å². The second-order valence-electron chi connectivity index (χ2n) is 5.31. The van der Waals surface area contributed by atoms with Crippen molar-refractivity contribution in [1.29, 1.82) is 0 Å². The lowest BCUT2D eigenvalue weighted by atomic mass is 9.83. The van der Waals surface area contributed by atoms with Gasteiger partial charge in [-0.2, -0.15) is 0 Å². The van der Waals surface area contributed by atoms with E-state index in [1.54, 1.807) is 0 Å². The molecule has 18 heavy (non-hydrogen) atoms. The molecule has 0 radical (unpaired) electrons. The maximum atomic E-state index is 12.1. The molecule has 0 aromatic carbocycles. The lowest BCUT2D eigenvalue weighted by Crippen LogP contribution is -2.35. The van der Waals surface area contributed by atoms with Crippen LogP contribution < -0.4 is 5.32 Å². The van der Waals surface area contributed by atoms with Crippen LogP contribution in [0.25, 0.3) is 0 Å². The summed E-state index contributed by atoms with van der Waals surface area (Å²) in [6, 6.07) is 1.96. The summed E-state index contributed by atoms with van der Waals surface area (Å²) in [6.45, 7) is 5.09. The monoisotopic (exact) mass is 329 g/mol. The summed E-state index contributed by atoms with van der Waals surface area (Å²) in [7, 11) is 0. The second kappa shape index (κ2) is 5.74. The highest BCUT2D eigenvalue weighted by atomic mass is 79.9. The average molecular weight is 330 g/mol. The summed E-state index contributed by atoms with van der Waals surface area (Å²) in [4.78, 5) is 12.9. The van der Waals surface area contributed by atoms with Crippen molar-refractivity contribution >= 4 is 33.2 Å². The van der Waals surface area contributed by atoms with Gasteiger partial charge in [0.2, 0.25) is 0 Å². The number of hydrogen-bond acceptors (Lipinski definition) is 2. The van der Waals surface area contributed by atoms with Crippen LogP contribution in [0.4, 0.5) is 0 Å². The molecule has 4 heteroatoms. The number of rotatable bonds is 4. The van der Waals surface area contributed by atoms with Crippen LogP contribution in [-0.2, 0) is 0 Å². The number of hydrogen-bond donors (Lipinski definition) is 1. The van der Waals surface area contributed by atoms with Gasteiger partial charge in [-0.3, -0.25) is 4.79 Å². The summed E-state index contributed by atoms with van der Waals surface area (Å²) >= 11 is 4.98. The third-order valence-corrected chi connectivity index (χ3v) is 6.25. The molecule has 1 N–H and O–H groups in total. The smallest absolute Gasteiger partial charge is 0.261 e. The molecule has 1 saturated carbocycles. The summed E-state index contributed by atoms with van der Waals surface area (Å²) in [6.07, 6.45) is 6.31. The van der Waals surface area contributed by atoms with Crippen molar-refractivity contribution in [1.82, 2.24) is 5.32 Å². The van der Waals surface area contributed by atoms with Crippen molar-refractivity contribution < 1.29 is 4.79 Å². The van der Waals surface area contributed by atoms with Gasteiger partial charge in [0.15, 0.2) is 0 Å². The van der Waals surface area contributed by atoms with Crippen LogP contribution in [0.15, 0.2) is 9.85 Å². The molecule has 0 aliphatic heterocycles. The summed E-state index contributed by atoms with van der Waals surface area (Å²) in [5, 5.41) is 3.12. The molecule has 2 nitrogen and oxygen atoms in total. The molecular formula is C14H20BrNOS. The van der Waals surface area contributed by atoms with Crippen LogP contribution in [0.5, 0.6) is 0 Å². The van der Waals surface area contributed by atoms with Crippen molar-refractivity contribution in [3.05, 3.63) is 20.3 Å². The number of nitrogens with one attached hydrogen (secondary N) is 1. The number of carbonyl (C=O) groups excluding carboxylic acids is 1. The van der Waals surface area contributed by atoms with E-state index in [1.165, 1.54) is 43.4 Å². The predicted octanol–water partition coefficient (Wildman–Crippen LogP) is 4.52. The van der Waals surface area contributed by atoms with Crippen molar-refractivity contribution in [2.45, 2.75) is 46.0 Å². The molecule has 1 aliphatic rings. The molecule has 0 saturated heterocycles. The van der Waals surface area contributed by atoms with Crippen LogP contribution in [0.3, 0.4) is 0 Å². The van der Waals surface area contributed by atoms with Crippen LogP contribution in [-0.4, -0.2) is 12.5 Å². The Labute approximate surface area is 121 Å². The number of amides is 1. The molecule has 0 bridgehead atoms. The zero-order chi connectivity index (χ0) is 13.2. The Kier molecular flexibility index (Phi) is 4.49. The van der Waals surface area contributed by atoms with E-state index in [0.717, 1.165) is 20.8 Å². The molecule has 1 aliphatic carbocycles. The van der Waals surface area contributed by atoms with E-state index >= 15 is 0 Å². The first-order chi connectivity index (χ1) is 8.56. The van der Waals surface area contributed by atoms with Gasteiger partial charge in [0.1, 0.15) is 0 Å². The number of carbonyl (C=O) groups is 1. The second-order valence-corrected chi connectivity index (χ2v) is 7.68. The van der Waals surface area contributed by atoms with Gasteiger partial charge in [0, 0.05) is 6.54 Å². The topological polar surface area (TPSA) is 29.1 Å². The zero-order valence-electron chi connectivity index (χ0n) is 11.0. The maximum Gasteiger partial charge on any atom is 0.261 e. The average Bonchev–Trinajstić information content (AvgIpc) is 2.95. The fraction of sp³-hybridized carbons (Fsp3) is 0.643. The molecule has 1 aromatic heterocycles. The van der Waals surface area contributed by atoms with Crippen molar-refractivity contribution in [2.24, 2.45) is 5.41 Å². The van der Waals surface area contributed by atoms with E-state index in [1.807, 2.05) is 13.0 Å². The van der Waals surface area contributed by atoms with E-state index in [0.29, 0.717) is 5.41 Å². The molecule has 0 spiro atoms. The third-order valence-electron chi connectivity index (χ3n) is 4.12. The molecule has 0 atom stereocenters. The Morgan fingerprint density at radius 2 is 2.17 bits per heavy atom. The molecule has 2 rings (SSSR count). The minimum Gasteiger partial charge on any atom is -0.351 e. The van der Waals surface area contributed by atoms with Gasteiger partial charge in [0.25, 0.3) is 5.91 Å². The molecular weight excluding hydrogens is 310 g/mol. The lowest BCUT2D eigenvalue weighted by molar-refractivity contribution is 0.0933. The first-order valence-electron chi connectivity index (χ1n) is 6.60. The summed E-state index contributed by atoms with van der Waals surface area (Å²) in [5.41, 5.74) is 1.50. The summed E-state index contributed by atoms with van der Waals surface area (Å²) < 4.78 is 1.05. The molecule has 0 unspecified atom stereocenters. The zero-order valence-corrected chi connectivity index (χ0v) is 13.4. The van der Waals surface area contributed by atoms with Gasteiger partial charge in [-0.25, -0.2) is 0 Å². The Morgan fingerprint density at radius 3 is 2.67 bits per heavy atom. The molecule has 1 heterocycles. The predicted molar refractivity (Wildman–Crippen MR) is 80.3 cm³/mol. The minimum atomic E-state index is 0.0773. The molecule has 100 valence electrons. The maximum absolute atomic E-state index is 12.1. The fourth-order valence-electron chi connectivity index (χ4n) is 2.71. The number of thiophene rings is 1. The number of halogens is 1. The van der Waals surface area contributed by atoms with Crippen molar-refractivity contribution in [3.63, 3.8) is 0 Å². The van der Waals surface area contributed by atoms with E-state index in [4.69, 9.17) is 0 Å². The normalized spacial score (nSPS) is 17.9. The Morgan fingerprint density at radius 1 is 1.50 bits per heavy atom. The Balaban J connectivity index is 1.95. The molecule has 1 amide bonds. The number of aryl methyl sites for hydroxylation is 1. The lowest BCUT2D eigenvalue weighted by Gasteiger charge is -2.27. The van der Waals surface area contributed by atoms with Crippen LogP contribution in [0, 0.1) is 12.3 Å². The van der Waals surface area contributed by atoms with Crippen molar-refractivity contribution in [2.75, 3.05) is 6.54 Å². The quantitative estimate of drug-likeness (QED) is 0.864. The van der Waals surface area contributed by atoms with E-state index in [9.17, 15) is 4.79 Å². The van der Waals surface area contributed by atoms with E-state index in [-0.39, 0.29) is 5.91 Å². The van der Waals surface area contributed by atoms with Crippen LogP contribution in [0.1, 0.15) is 54.3 Å². The first kappa shape index (κ1) is 14.1. The third kappa shape index (κ3) is 2.97. The largest absolute Gasteiger partial charge is 0.351 e. The molecule has 1 aromatic rings. The van der Waals surface area contributed by atoms with Gasteiger partial charge in [-0.05, 0) is 59.2 Å². The first-order valence-corrected chi connectivity index (χ1v) is 8.21. The highest BCUT2D eigenvalue weighted by Crippen LogP contribution is 2.40. The summed E-state index contributed by atoms with van der Waals surface area (Å²) in [5.74, 6) is 0.0773. The van der Waals surface area contributed by atoms with E-state index in [2.05, 4.69) is 28.2 Å². The highest BCUT2D eigenvalue weighted by Gasteiger charge is 2.32. The van der Waals surface area contributed by atoms with Gasteiger partial charge >= 0.3 is 0 Å². The molecule has 1 fully saturated rings. The van der Waals surface area contributed by atoms with Gasteiger partial charge < -0.3 is 5.32 Å². The van der Waals surface area contributed by atoms with Gasteiger partial charge in [-0.1, -0.05) is 19.8 Å². The SMILES string of the molecule is CCC1(CNC(=O)c2cc(C)c(Br)s2)CCCC1. The fourth-order valence-corrected chi connectivity index (χ4v) is 4.16. The van der Waals surface area contributed by atoms with Crippen LogP contribution >= 0.6 is 27.3 Å². The van der Waals surface area contributed by atoms with Crippen LogP contribution in [0.2, 0.25) is 0 Å². The Hall–Kier alpha value is -0.350.